The number of hydrogen-bond donors (Lipinski definition) is 1. The summed E-state index contributed by atoms with van der Waals surface area (Å²) < 4.78 is 0. The van der Waals surface area contributed by atoms with Crippen molar-refractivity contribution >= 4 is 16.5 Å². The Bertz CT molecular complexity index is 704. The van der Waals surface area contributed by atoms with E-state index in [1.807, 2.05) is 6.07 Å². The number of rotatable bonds is 1. The molecule has 2 heterocycles. The molecule has 2 aromatic rings. The molecule has 0 amide bonds. The number of nitrogens with two attached hydrogens (primary N) is 1. The summed E-state index contributed by atoms with van der Waals surface area (Å²) in [6, 6.07) is 13.7. The molecule has 0 radical (unpaired) electrons. The highest BCUT2D eigenvalue weighted by atomic mass is 15.2. The van der Waals surface area contributed by atoms with Crippen molar-refractivity contribution in [1.82, 2.24) is 4.90 Å². The minimum Gasteiger partial charge on any atom is -0.399 e. The van der Waals surface area contributed by atoms with Crippen molar-refractivity contribution in [2.24, 2.45) is 0 Å². The number of hydrogen-bond acceptors (Lipinski definition) is 2. The first-order valence-electron chi connectivity index (χ1n) is 7.39. The van der Waals surface area contributed by atoms with Crippen molar-refractivity contribution in [2.75, 3.05) is 12.8 Å². The third kappa shape index (κ3) is 1.55. The van der Waals surface area contributed by atoms with Gasteiger partial charge in [-0.1, -0.05) is 30.4 Å². The minimum atomic E-state index is 0.110. The lowest BCUT2D eigenvalue weighted by molar-refractivity contribution is 0.168. The predicted octanol–water partition coefficient (Wildman–Crippen LogP) is 3.67. The van der Waals surface area contributed by atoms with Gasteiger partial charge < -0.3 is 5.73 Å². The average Bonchev–Trinajstić information content (AvgIpc) is 2.65. The molecule has 1 saturated heterocycles. The fraction of sp³-hybridized carbons (Fsp3) is 0.333. The monoisotopic (exact) mass is 264 g/mol. The van der Waals surface area contributed by atoms with Crippen molar-refractivity contribution in [2.45, 2.75) is 30.8 Å². The van der Waals surface area contributed by atoms with Gasteiger partial charge in [-0.3, -0.25) is 4.90 Å². The Morgan fingerprint density at radius 3 is 2.85 bits per heavy atom. The Balaban J connectivity index is 1.88. The summed E-state index contributed by atoms with van der Waals surface area (Å²) in [6.45, 7) is 0. The van der Waals surface area contributed by atoms with Crippen LogP contribution in [0.3, 0.4) is 0 Å². The molecule has 1 fully saturated rings. The second kappa shape index (κ2) is 4.10. The highest BCUT2D eigenvalue weighted by Gasteiger charge is 2.45. The zero-order valence-corrected chi connectivity index (χ0v) is 11.8. The molecule has 2 heteroatoms. The summed E-state index contributed by atoms with van der Waals surface area (Å²) >= 11 is 0. The van der Waals surface area contributed by atoms with Gasteiger partial charge in [0.1, 0.15) is 0 Å². The van der Waals surface area contributed by atoms with Gasteiger partial charge in [0, 0.05) is 11.7 Å². The van der Waals surface area contributed by atoms with Crippen molar-refractivity contribution in [3.8, 4) is 0 Å². The molecule has 2 nitrogen and oxygen atoms in total. The zero-order valence-electron chi connectivity index (χ0n) is 11.8. The van der Waals surface area contributed by atoms with Crippen molar-refractivity contribution in [3.63, 3.8) is 0 Å². The molecule has 0 spiro atoms. The van der Waals surface area contributed by atoms with E-state index in [0.29, 0.717) is 6.04 Å². The summed E-state index contributed by atoms with van der Waals surface area (Å²) in [5.74, 6) is 0. The Morgan fingerprint density at radius 2 is 1.95 bits per heavy atom. The van der Waals surface area contributed by atoms with Crippen molar-refractivity contribution in [3.05, 3.63) is 54.1 Å². The van der Waals surface area contributed by atoms with Crippen LogP contribution in [0.25, 0.3) is 10.8 Å². The topological polar surface area (TPSA) is 29.3 Å². The van der Waals surface area contributed by atoms with E-state index in [-0.39, 0.29) is 5.54 Å². The van der Waals surface area contributed by atoms with Gasteiger partial charge in [0.15, 0.2) is 0 Å². The normalized spacial score (nSPS) is 29.1. The second-order valence-corrected chi connectivity index (χ2v) is 6.19. The second-order valence-electron chi connectivity index (χ2n) is 6.19. The van der Waals surface area contributed by atoms with Crippen LogP contribution in [0, 0.1) is 0 Å². The maximum atomic E-state index is 5.87. The summed E-state index contributed by atoms with van der Waals surface area (Å²) in [4.78, 5) is 2.56. The Morgan fingerprint density at radius 1 is 1.15 bits per heavy atom. The van der Waals surface area contributed by atoms with Crippen LogP contribution in [0.2, 0.25) is 0 Å². The van der Waals surface area contributed by atoms with Gasteiger partial charge in [0.05, 0.1) is 5.54 Å². The van der Waals surface area contributed by atoms with Crippen molar-refractivity contribution < 1.29 is 0 Å². The van der Waals surface area contributed by atoms with E-state index in [9.17, 15) is 0 Å². The van der Waals surface area contributed by atoms with E-state index in [4.69, 9.17) is 5.73 Å². The summed E-state index contributed by atoms with van der Waals surface area (Å²) in [5.41, 5.74) is 8.22. The van der Waals surface area contributed by atoms with Crippen LogP contribution in [-0.2, 0) is 5.54 Å². The Hall–Kier alpha value is -1.80. The average molecular weight is 264 g/mol. The van der Waals surface area contributed by atoms with Crippen LogP contribution < -0.4 is 5.73 Å². The molecule has 4 rings (SSSR count). The van der Waals surface area contributed by atoms with Gasteiger partial charge >= 0.3 is 0 Å². The molecule has 2 bridgehead atoms. The number of anilines is 1. The maximum Gasteiger partial charge on any atom is 0.0646 e. The first kappa shape index (κ1) is 12.0. The highest BCUT2D eigenvalue weighted by Crippen LogP contribution is 2.46. The molecule has 2 aliphatic rings. The molecule has 0 aliphatic carbocycles. The SMILES string of the molecule is CN1C2CC=CC1(c1ccc3cc(N)ccc3c1)CC2. The van der Waals surface area contributed by atoms with Gasteiger partial charge in [-0.2, -0.15) is 0 Å². The van der Waals surface area contributed by atoms with E-state index in [1.165, 1.54) is 35.6 Å². The Labute approximate surface area is 119 Å². The van der Waals surface area contributed by atoms with Crippen LogP contribution in [0.15, 0.2) is 48.6 Å². The quantitative estimate of drug-likeness (QED) is 0.629. The molecule has 2 aliphatic heterocycles. The van der Waals surface area contributed by atoms with Crippen LogP contribution in [0.5, 0.6) is 0 Å². The third-order valence-corrected chi connectivity index (χ3v) is 5.20. The lowest BCUT2D eigenvalue weighted by Crippen LogP contribution is -2.42. The smallest absolute Gasteiger partial charge is 0.0646 e. The van der Waals surface area contributed by atoms with Crippen LogP contribution in [-0.4, -0.2) is 18.0 Å². The third-order valence-electron chi connectivity index (χ3n) is 5.20. The summed E-state index contributed by atoms with van der Waals surface area (Å²) in [6.07, 6.45) is 8.50. The van der Waals surface area contributed by atoms with E-state index in [2.05, 4.69) is 54.4 Å². The molecular formula is C18H20N2. The molecule has 2 N–H and O–H groups in total. The van der Waals surface area contributed by atoms with Gasteiger partial charge in [-0.25, -0.2) is 0 Å². The molecule has 20 heavy (non-hydrogen) atoms. The van der Waals surface area contributed by atoms with E-state index < -0.39 is 0 Å². The first-order chi connectivity index (χ1) is 9.69. The number of fused-ring (bicyclic) bond motifs is 3. The van der Waals surface area contributed by atoms with Gasteiger partial charge in [-0.05, 0) is 60.8 Å². The van der Waals surface area contributed by atoms with E-state index in [1.54, 1.807) is 0 Å². The molecular weight excluding hydrogens is 244 g/mol. The molecule has 0 saturated carbocycles. The van der Waals surface area contributed by atoms with Crippen LogP contribution in [0.1, 0.15) is 24.8 Å². The summed E-state index contributed by atoms with van der Waals surface area (Å²) in [7, 11) is 2.27. The maximum absolute atomic E-state index is 5.87. The minimum absolute atomic E-state index is 0.110. The van der Waals surface area contributed by atoms with E-state index >= 15 is 0 Å². The lowest BCUT2D eigenvalue weighted by Gasteiger charge is -2.39. The molecule has 2 aromatic carbocycles. The van der Waals surface area contributed by atoms with Crippen LogP contribution in [0.4, 0.5) is 5.69 Å². The fourth-order valence-electron chi connectivity index (χ4n) is 3.96. The first-order valence-corrected chi connectivity index (χ1v) is 7.39. The van der Waals surface area contributed by atoms with Gasteiger partial charge in [0.25, 0.3) is 0 Å². The molecule has 0 aromatic heterocycles. The van der Waals surface area contributed by atoms with E-state index in [0.717, 1.165) is 5.69 Å². The number of benzene rings is 2. The predicted molar refractivity (Wildman–Crippen MR) is 84.6 cm³/mol. The van der Waals surface area contributed by atoms with Crippen LogP contribution >= 0.6 is 0 Å². The standard InChI is InChI=1S/C18H20N2/c1-20-17-3-2-9-18(20,10-8-17)15-6-4-14-12-16(19)7-5-13(14)11-15/h2,4-7,9,11-12,17H,3,8,10,19H2,1H3. The largest absolute Gasteiger partial charge is 0.399 e. The summed E-state index contributed by atoms with van der Waals surface area (Å²) in [5, 5.41) is 2.50. The highest BCUT2D eigenvalue weighted by molar-refractivity contribution is 5.86. The molecule has 102 valence electrons. The zero-order chi connectivity index (χ0) is 13.7. The molecule has 2 atom stereocenters. The molecule has 2 unspecified atom stereocenters. The number of nitrogens with zero attached hydrogens (tertiary/aromatic N) is 1. The number of likely N-dealkylation sites (N-methyl/N-ethyl adjacent to an activating group) is 1. The number of nitrogen functional groups attached to an aromatic ring is 1. The van der Waals surface area contributed by atoms with Gasteiger partial charge in [-0.15, -0.1) is 0 Å². The Kier molecular flexibility index (Phi) is 2.45. The fourth-order valence-corrected chi connectivity index (χ4v) is 3.96. The lowest BCUT2D eigenvalue weighted by atomic mass is 9.85. The van der Waals surface area contributed by atoms with Crippen molar-refractivity contribution in [1.29, 1.82) is 0 Å². The van der Waals surface area contributed by atoms with Gasteiger partial charge in [0.2, 0.25) is 0 Å².